The molecule has 0 bridgehead atoms. The van der Waals surface area contributed by atoms with Crippen molar-refractivity contribution < 1.29 is 33.5 Å². The van der Waals surface area contributed by atoms with Crippen molar-refractivity contribution in [3.05, 3.63) is 0 Å². The van der Waals surface area contributed by atoms with E-state index in [0.29, 0.717) is 6.10 Å². The third-order valence-electron chi connectivity index (χ3n) is 2.60. The summed E-state index contributed by atoms with van der Waals surface area (Å²) in [7, 11) is 0. The van der Waals surface area contributed by atoms with Crippen LogP contribution in [0.1, 0.15) is 34.1 Å². The van der Waals surface area contributed by atoms with Gasteiger partial charge in [-0.25, -0.2) is 0 Å². The fourth-order valence-electron chi connectivity index (χ4n) is 2.02. The Kier molecular flexibility index (Phi) is 7.36. The van der Waals surface area contributed by atoms with E-state index in [2.05, 4.69) is 32.9 Å². The van der Waals surface area contributed by atoms with E-state index in [0.717, 1.165) is 31.0 Å². The van der Waals surface area contributed by atoms with Crippen LogP contribution in [0.25, 0.3) is 0 Å². The molecule has 1 aliphatic heterocycles. The van der Waals surface area contributed by atoms with Gasteiger partial charge in [0.15, 0.2) is 0 Å². The van der Waals surface area contributed by atoms with E-state index in [1.54, 1.807) is 0 Å². The molecule has 0 aromatic rings. The molecule has 0 spiro atoms. The van der Waals surface area contributed by atoms with Crippen molar-refractivity contribution in [2.24, 2.45) is 0 Å². The van der Waals surface area contributed by atoms with Crippen molar-refractivity contribution in [2.45, 2.75) is 62.4 Å². The molecule has 0 amide bonds. The second kappa shape index (κ2) is 7.98. The molecule has 0 aromatic carbocycles. The summed E-state index contributed by atoms with van der Waals surface area (Å²) in [6.07, 6.45) is 1.86. The maximum absolute atomic E-state index is 6.07. The Hall–Kier alpha value is 0.554. The van der Waals surface area contributed by atoms with Gasteiger partial charge in [0.1, 0.15) is 0 Å². The molecule has 0 aliphatic carbocycles. The standard InChI is InChI=1S/C6H11O2.2C3H7O.CH3.Ti/c1-2-3-7-4-6-5-8-6;2*1-3(2)4;;/h6H,1-5H2;2*3H,1-2H3;1H3;/q;2*-1;;+2. The van der Waals surface area contributed by atoms with Crippen LogP contribution >= 0.6 is 0 Å². The van der Waals surface area contributed by atoms with Crippen molar-refractivity contribution in [3.63, 3.8) is 0 Å². The van der Waals surface area contributed by atoms with Crippen molar-refractivity contribution >= 4 is 0 Å². The van der Waals surface area contributed by atoms with E-state index in [1.807, 2.05) is 0 Å². The van der Waals surface area contributed by atoms with E-state index in [4.69, 9.17) is 16.1 Å². The van der Waals surface area contributed by atoms with Gasteiger partial charge in [0, 0.05) is 0 Å². The molecule has 1 aliphatic rings. The van der Waals surface area contributed by atoms with E-state index in [9.17, 15) is 0 Å². The molecule has 1 unspecified atom stereocenters. The Morgan fingerprint density at radius 2 is 1.72 bits per heavy atom. The van der Waals surface area contributed by atoms with Gasteiger partial charge >= 0.3 is 116 Å². The van der Waals surface area contributed by atoms with Crippen LogP contribution in [0, 0.1) is 0 Å². The number of hydrogen-bond donors (Lipinski definition) is 0. The van der Waals surface area contributed by atoms with E-state index in [-0.39, 0.29) is 12.2 Å². The summed E-state index contributed by atoms with van der Waals surface area (Å²) in [6.45, 7) is 10.7. The second-order valence-corrected chi connectivity index (χ2v) is 10.7. The normalized spacial score (nSPS) is 19.8. The molecule has 0 radical (unpaired) electrons. The Bertz CT molecular complexity index is 219. The van der Waals surface area contributed by atoms with Crippen LogP contribution in [0.3, 0.4) is 0 Å². The summed E-state index contributed by atoms with van der Waals surface area (Å²) in [5, 5.41) is 2.20. The zero-order valence-corrected chi connectivity index (χ0v) is 14.0. The molecule has 0 N–H and O–H groups in total. The molecule has 0 aromatic heterocycles. The van der Waals surface area contributed by atoms with Gasteiger partial charge in [-0.05, 0) is 0 Å². The van der Waals surface area contributed by atoms with Crippen molar-refractivity contribution in [1.82, 2.24) is 0 Å². The Morgan fingerprint density at radius 1 is 1.17 bits per heavy atom. The number of rotatable bonds is 10. The van der Waals surface area contributed by atoms with Crippen LogP contribution in [0.15, 0.2) is 0 Å². The minimum absolute atomic E-state index is 0.245. The van der Waals surface area contributed by atoms with Crippen molar-refractivity contribution in [2.75, 3.05) is 19.8 Å². The Balaban J connectivity index is 2.20. The third-order valence-corrected chi connectivity index (χ3v) is 7.60. The summed E-state index contributed by atoms with van der Waals surface area (Å²) >= 11 is -2.59. The zero-order chi connectivity index (χ0) is 13.6. The fraction of sp³-hybridized carbons (Fsp3) is 1.00. The molecule has 5 heteroatoms. The summed E-state index contributed by atoms with van der Waals surface area (Å²) in [5.74, 6) is 0. The fourth-order valence-corrected chi connectivity index (χ4v) is 6.81. The number of ether oxygens (including phenoxy) is 2. The second-order valence-electron chi connectivity index (χ2n) is 5.60. The summed E-state index contributed by atoms with van der Waals surface area (Å²) in [5.41, 5.74) is 0. The van der Waals surface area contributed by atoms with Crippen LogP contribution in [-0.4, -0.2) is 38.1 Å². The molecule has 1 rings (SSSR count). The molecular weight excluding hydrogens is 268 g/mol. The average Bonchev–Trinajstić information content (AvgIpc) is 2.97. The van der Waals surface area contributed by atoms with Crippen molar-refractivity contribution in [1.29, 1.82) is 0 Å². The first kappa shape index (κ1) is 16.6. The molecule has 1 atom stereocenters. The van der Waals surface area contributed by atoms with Gasteiger partial charge in [0.05, 0.1) is 0 Å². The predicted octanol–water partition coefficient (Wildman–Crippen LogP) is 3.09. The third kappa shape index (κ3) is 7.87. The molecule has 1 fully saturated rings. The molecule has 1 heterocycles. The first-order valence-corrected chi connectivity index (χ1v) is 10.9. The predicted molar refractivity (Wildman–Crippen MR) is 68.3 cm³/mol. The van der Waals surface area contributed by atoms with Crippen LogP contribution in [-0.2, 0) is 33.5 Å². The van der Waals surface area contributed by atoms with Gasteiger partial charge in [0.2, 0.25) is 0 Å². The summed E-state index contributed by atoms with van der Waals surface area (Å²) < 4.78 is 23.8. The first-order chi connectivity index (χ1) is 8.41. The van der Waals surface area contributed by atoms with E-state index in [1.165, 1.54) is 0 Å². The Labute approximate surface area is 116 Å². The van der Waals surface area contributed by atoms with Crippen LogP contribution in [0.5, 0.6) is 0 Å². The van der Waals surface area contributed by atoms with Gasteiger partial charge in [-0.3, -0.25) is 0 Å². The molecule has 1 saturated heterocycles. The molecule has 18 heavy (non-hydrogen) atoms. The molecule has 108 valence electrons. The van der Waals surface area contributed by atoms with Gasteiger partial charge in [-0.1, -0.05) is 0 Å². The summed E-state index contributed by atoms with van der Waals surface area (Å²) in [4.78, 5) is 0. The van der Waals surface area contributed by atoms with E-state index < -0.39 is 17.4 Å². The SMILES string of the molecule is CC(C)[O][Ti]([CH3])([CH2]CCOCC1CO1)[O]C(C)C. The molecule has 0 saturated carbocycles. The monoisotopic (exact) mass is 296 g/mol. The van der Waals surface area contributed by atoms with Gasteiger partial charge in [-0.2, -0.15) is 0 Å². The number of epoxide rings is 1. The zero-order valence-electron chi connectivity index (χ0n) is 12.4. The summed E-state index contributed by atoms with van der Waals surface area (Å²) in [6, 6.07) is 0. The minimum atomic E-state index is -2.59. The van der Waals surface area contributed by atoms with Gasteiger partial charge < -0.3 is 0 Å². The van der Waals surface area contributed by atoms with Gasteiger partial charge in [0.25, 0.3) is 0 Å². The quantitative estimate of drug-likeness (QED) is 0.353. The maximum atomic E-state index is 6.07. The Morgan fingerprint density at radius 3 is 2.17 bits per heavy atom. The van der Waals surface area contributed by atoms with Crippen LogP contribution in [0.4, 0.5) is 0 Å². The van der Waals surface area contributed by atoms with Crippen molar-refractivity contribution in [3.8, 4) is 0 Å². The molecule has 4 nitrogen and oxygen atoms in total. The van der Waals surface area contributed by atoms with Crippen LogP contribution < -0.4 is 0 Å². The van der Waals surface area contributed by atoms with Gasteiger partial charge in [-0.15, -0.1) is 0 Å². The topological polar surface area (TPSA) is 40.2 Å². The molecular formula is C13H28O4Ti. The van der Waals surface area contributed by atoms with Crippen LogP contribution in [0.2, 0.25) is 9.95 Å². The van der Waals surface area contributed by atoms with E-state index >= 15 is 0 Å². The average molecular weight is 296 g/mol. The number of hydrogen-bond acceptors (Lipinski definition) is 4. The first-order valence-electron chi connectivity index (χ1n) is 6.96.